The van der Waals surface area contributed by atoms with Crippen LogP contribution < -0.4 is 10.2 Å². The zero-order valence-electron chi connectivity index (χ0n) is 19.4. The molecule has 1 aliphatic heterocycles. The molecule has 0 spiro atoms. The highest BCUT2D eigenvalue weighted by Gasteiger charge is 2.28. The van der Waals surface area contributed by atoms with Gasteiger partial charge >= 0.3 is 5.97 Å². The number of hydrogen-bond donors (Lipinski definition) is 1. The second kappa shape index (κ2) is 11.8. The van der Waals surface area contributed by atoms with Gasteiger partial charge in [0, 0.05) is 50.7 Å². The van der Waals surface area contributed by atoms with Crippen molar-refractivity contribution >= 4 is 23.5 Å². The standard InChI is InChI=1S/C24H37N3O4/c1-5-22(29)27(19-9-7-6-8-10-19)20-12-16-26(17-13-20)18-14-21(28)25-15-11-23(30)31-24(2,3)4/h6-10,20H,5,11-18H2,1-4H3,(H,25,28). The number of esters is 1. The van der Waals surface area contributed by atoms with Crippen molar-refractivity contribution in [1.29, 1.82) is 0 Å². The summed E-state index contributed by atoms with van der Waals surface area (Å²) in [4.78, 5) is 40.6. The van der Waals surface area contributed by atoms with Crippen LogP contribution in [0.15, 0.2) is 30.3 Å². The quantitative estimate of drug-likeness (QED) is 0.608. The fourth-order valence-electron chi connectivity index (χ4n) is 3.76. The van der Waals surface area contributed by atoms with E-state index in [0.717, 1.165) is 31.6 Å². The number of carbonyl (C=O) groups excluding carboxylic acids is 3. The van der Waals surface area contributed by atoms with E-state index < -0.39 is 5.60 Å². The number of para-hydroxylation sites is 1. The number of piperidine rings is 1. The van der Waals surface area contributed by atoms with Crippen LogP contribution in [0.4, 0.5) is 5.69 Å². The first kappa shape index (κ1) is 24.9. The maximum Gasteiger partial charge on any atom is 0.308 e. The predicted octanol–water partition coefficient (Wildman–Crippen LogP) is 3.13. The smallest absolute Gasteiger partial charge is 0.308 e. The Bertz CT molecular complexity index is 722. The monoisotopic (exact) mass is 431 g/mol. The minimum Gasteiger partial charge on any atom is -0.460 e. The lowest BCUT2D eigenvalue weighted by Crippen LogP contribution is -2.48. The van der Waals surface area contributed by atoms with Gasteiger partial charge in [0.15, 0.2) is 0 Å². The van der Waals surface area contributed by atoms with Crippen molar-refractivity contribution in [2.24, 2.45) is 0 Å². The third-order valence-corrected chi connectivity index (χ3v) is 5.25. The lowest BCUT2D eigenvalue weighted by atomic mass is 10.0. The molecule has 1 aromatic rings. The molecule has 0 bridgehead atoms. The van der Waals surface area contributed by atoms with E-state index in [1.807, 2.05) is 62.9 Å². The highest BCUT2D eigenvalue weighted by Crippen LogP contribution is 2.24. The van der Waals surface area contributed by atoms with Crippen molar-refractivity contribution in [1.82, 2.24) is 10.2 Å². The predicted molar refractivity (Wildman–Crippen MR) is 122 cm³/mol. The van der Waals surface area contributed by atoms with Crippen molar-refractivity contribution < 1.29 is 19.1 Å². The van der Waals surface area contributed by atoms with Crippen LogP contribution in [-0.4, -0.2) is 60.5 Å². The molecule has 1 saturated heterocycles. The zero-order valence-corrected chi connectivity index (χ0v) is 19.4. The van der Waals surface area contributed by atoms with E-state index in [-0.39, 0.29) is 30.2 Å². The van der Waals surface area contributed by atoms with Gasteiger partial charge in [-0.3, -0.25) is 14.4 Å². The molecular formula is C24H37N3O4. The Morgan fingerprint density at radius 2 is 1.74 bits per heavy atom. The van der Waals surface area contributed by atoms with E-state index in [9.17, 15) is 14.4 Å². The molecule has 1 aromatic carbocycles. The average molecular weight is 432 g/mol. The van der Waals surface area contributed by atoms with Gasteiger partial charge in [0.05, 0.1) is 6.42 Å². The lowest BCUT2D eigenvalue weighted by Gasteiger charge is -2.38. The van der Waals surface area contributed by atoms with Crippen molar-refractivity contribution in [2.75, 3.05) is 31.1 Å². The summed E-state index contributed by atoms with van der Waals surface area (Å²) in [5.74, 6) is -0.216. The maximum absolute atomic E-state index is 12.6. The molecule has 7 heteroatoms. The first-order chi connectivity index (χ1) is 14.7. The molecule has 2 amide bonds. The largest absolute Gasteiger partial charge is 0.460 e. The summed E-state index contributed by atoms with van der Waals surface area (Å²) >= 11 is 0. The van der Waals surface area contributed by atoms with Crippen LogP contribution in [-0.2, 0) is 19.1 Å². The van der Waals surface area contributed by atoms with Gasteiger partial charge < -0.3 is 19.9 Å². The van der Waals surface area contributed by atoms with Crippen LogP contribution in [0.25, 0.3) is 0 Å². The number of rotatable bonds is 9. The number of likely N-dealkylation sites (tertiary alicyclic amines) is 1. The second-order valence-corrected chi connectivity index (χ2v) is 8.96. The van der Waals surface area contributed by atoms with E-state index in [1.54, 1.807) is 0 Å². The summed E-state index contributed by atoms with van der Waals surface area (Å²) in [7, 11) is 0. The van der Waals surface area contributed by atoms with Crippen LogP contribution >= 0.6 is 0 Å². The number of nitrogens with zero attached hydrogens (tertiary/aromatic N) is 2. The first-order valence-corrected chi connectivity index (χ1v) is 11.3. The number of nitrogens with one attached hydrogen (secondary N) is 1. The van der Waals surface area contributed by atoms with Crippen LogP contribution in [0.3, 0.4) is 0 Å². The summed E-state index contributed by atoms with van der Waals surface area (Å²) in [5, 5.41) is 2.79. The molecule has 0 aliphatic carbocycles. The summed E-state index contributed by atoms with van der Waals surface area (Å²) in [6.07, 6.45) is 2.84. The minimum absolute atomic E-state index is 0.0576. The van der Waals surface area contributed by atoms with E-state index in [4.69, 9.17) is 4.74 Å². The second-order valence-electron chi connectivity index (χ2n) is 8.96. The summed E-state index contributed by atoms with van der Waals surface area (Å²) in [6, 6.07) is 10.0. The van der Waals surface area contributed by atoms with Gasteiger partial charge in [0.2, 0.25) is 11.8 Å². The van der Waals surface area contributed by atoms with Gasteiger partial charge in [0.25, 0.3) is 0 Å². The van der Waals surface area contributed by atoms with Crippen LogP contribution in [0, 0.1) is 0 Å². The molecule has 1 fully saturated rings. The van der Waals surface area contributed by atoms with Crippen LogP contribution in [0.1, 0.15) is 59.8 Å². The molecule has 0 unspecified atom stereocenters. The number of benzene rings is 1. The Kier molecular flexibility index (Phi) is 9.49. The molecule has 172 valence electrons. The Balaban J connectivity index is 1.72. The maximum atomic E-state index is 12.6. The van der Waals surface area contributed by atoms with E-state index in [0.29, 0.717) is 25.9 Å². The number of amides is 2. The summed E-state index contributed by atoms with van der Waals surface area (Å²) < 4.78 is 5.23. The highest BCUT2D eigenvalue weighted by atomic mass is 16.6. The highest BCUT2D eigenvalue weighted by molar-refractivity contribution is 5.93. The SMILES string of the molecule is CCC(=O)N(c1ccccc1)C1CCN(CCC(=O)NCCC(=O)OC(C)(C)C)CC1. The molecule has 1 aliphatic rings. The molecule has 0 saturated carbocycles. The van der Waals surface area contributed by atoms with Gasteiger partial charge in [-0.1, -0.05) is 25.1 Å². The van der Waals surface area contributed by atoms with Gasteiger partial charge in [0.1, 0.15) is 5.60 Å². The number of hydrogen-bond acceptors (Lipinski definition) is 5. The number of anilines is 1. The molecule has 0 aromatic heterocycles. The van der Waals surface area contributed by atoms with Crippen molar-refractivity contribution in [3.8, 4) is 0 Å². The van der Waals surface area contributed by atoms with Crippen molar-refractivity contribution in [3.05, 3.63) is 30.3 Å². The number of ether oxygens (including phenoxy) is 1. The number of carbonyl (C=O) groups is 3. The molecule has 1 N–H and O–H groups in total. The van der Waals surface area contributed by atoms with E-state index in [1.165, 1.54) is 0 Å². The fraction of sp³-hybridized carbons (Fsp3) is 0.625. The molecule has 0 atom stereocenters. The van der Waals surface area contributed by atoms with Gasteiger partial charge in [-0.25, -0.2) is 0 Å². The minimum atomic E-state index is -0.509. The summed E-state index contributed by atoms with van der Waals surface area (Å²) in [5.41, 5.74) is 0.447. The topological polar surface area (TPSA) is 79.0 Å². The first-order valence-electron chi connectivity index (χ1n) is 11.3. The molecule has 7 nitrogen and oxygen atoms in total. The van der Waals surface area contributed by atoms with Gasteiger partial charge in [-0.05, 0) is 45.7 Å². The van der Waals surface area contributed by atoms with Crippen LogP contribution in [0.5, 0.6) is 0 Å². The molecule has 0 radical (unpaired) electrons. The Morgan fingerprint density at radius 3 is 2.32 bits per heavy atom. The third kappa shape index (κ3) is 8.69. The van der Waals surface area contributed by atoms with E-state index >= 15 is 0 Å². The van der Waals surface area contributed by atoms with E-state index in [2.05, 4.69) is 10.2 Å². The van der Waals surface area contributed by atoms with Crippen molar-refractivity contribution in [3.63, 3.8) is 0 Å². The fourth-order valence-corrected chi connectivity index (χ4v) is 3.76. The Morgan fingerprint density at radius 1 is 1.10 bits per heavy atom. The lowest BCUT2D eigenvalue weighted by molar-refractivity contribution is -0.154. The Labute approximate surface area is 186 Å². The normalized spacial score (nSPS) is 15.4. The van der Waals surface area contributed by atoms with Crippen molar-refractivity contribution in [2.45, 2.75) is 71.4 Å². The zero-order chi connectivity index (χ0) is 22.9. The van der Waals surface area contributed by atoms with Gasteiger partial charge in [-0.2, -0.15) is 0 Å². The molecule has 1 heterocycles. The summed E-state index contributed by atoms with van der Waals surface area (Å²) in [6.45, 7) is 10.1. The van der Waals surface area contributed by atoms with Gasteiger partial charge in [-0.15, -0.1) is 0 Å². The third-order valence-electron chi connectivity index (χ3n) is 5.25. The molecule has 31 heavy (non-hydrogen) atoms. The van der Waals surface area contributed by atoms with Crippen LogP contribution in [0.2, 0.25) is 0 Å². The molecular weight excluding hydrogens is 394 g/mol. The Hall–Kier alpha value is -2.41. The average Bonchev–Trinajstić information content (AvgIpc) is 2.72. The molecule has 2 rings (SSSR count).